The first-order valence-corrected chi connectivity index (χ1v) is 14.4. The van der Waals surface area contributed by atoms with Gasteiger partial charge in [-0.2, -0.15) is 19.3 Å². The summed E-state index contributed by atoms with van der Waals surface area (Å²) in [4.78, 5) is 19.9. The standard InChI is InChI=1S/C27H28FN7O3S/c1-2-12-34-30-17-25(32-34)39(37,38)33-13-10-20-14-24-19(16-31-35(24)22-8-6-21(28)7-9-22)15-27(20,18-33)26(36)23-5-3-4-11-29-23/h3-9,11,16-17,20H,2,10,12-15,18H2,1H3/t20-,27+/m1/s1. The van der Waals surface area contributed by atoms with Gasteiger partial charge in [0.1, 0.15) is 11.5 Å². The van der Waals surface area contributed by atoms with Gasteiger partial charge in [0, 0.05) is 25.0 Å². The maximum Gasteiger partial charge on any atom is 0.264 e. The first-order valence-electron chi connectivity index (χ1n) is 13.0. The van der Waals surface area contributed by atoms with Crippen molar-refractivity contribution in [3.05, 3.63) is 83.8 Å². The molecule has 2 aliphatic rings. The minimum Gasteiger partial charge on any atom is -0.292 e. The van der Waals surface area contributed by atoms with Crippen molar-refractivity contribution in [1.29, 1.82) is 0 Å². The van der Waals surface area contributed by atoms with Gasteiger partial charge in [-0.1, -0.05) is 13.0 Å². The Labute approximate surface area is 225 Å². The lowest BCUT2D eigenvalue weighted by Crippen LogP contribution is -2.57. The number of piperidine rings is 1. The van der Waals surface area contributed by atoms with Gasteiger partial charge in [0.05, 0.1) is 30.0 Å². The number of Topliss-reactive ketones (excluding diaryl/α,β-unsaturated/α-hetero) is 1. The molecule has 202 valence electrons. The first kappa shape index (κ1) is 25.5. The van der Waals surface area contributed by atoms with Gasteiger partial charge in [0.2, 0.25) is 5.03 Å². The number of fused-ring (bicyclic) bond motifs is 2. The van der Waals surface area contributed by atoms with Crippen molar-refractivity contribution in [3.8, 4) is 5.69 Å². The highest BCUT2D eigenvalue weighted by molar-refractivity contribution is 7.89. The summed E-state index contributed by atoms with van der Waals surface area (Å²) in [5, 5.41) is 12.8. The fourth-order valence-corrected chi connectivity index (χ4v) is 7.27. The Morgan fingerprint density at radius 2 is 1.95 bits per heavy atom. The topological polar surface area (TPSA) is 116 Å². The molecule has 39 heavy (non-hydrogen) atoms. The Morgan fingerprint density at radius 1 is 1.13 bits per heavy atom. The molecular weight excluding hydrogens is 521 g/mol. The van der Waals surface area contributed by atoms with E-state index in [2.05, 4.69) is 20.3 Å². The number of carbonyl (C=O) groups excluding carboxylic acids is 1. The quantitative estimate of drug-likeness (QED) is 0.325. The minimum absolute atomic E-state index is 0.0111. The number of carbonyl (C=O) groups is 1. The second-order valence-corrected chi connectivity index (χ2v) is 12.1. The normalized spacial score (nSPS) is 21.3. The molecule has 12 heteroatoms. The van der Waals surface area contributed by atoms with Gasteiger partial charge >= 0.3 is 0 Å². The molecule has 0 radical (unpaired) electrons. The zero-order chi connectivity index (χ0) is 27.2. The molecular formula is C27H28FN7O3S. The van der Waals surface area contributed by atoms with Crippen molar-refractivity contribution in [1.82, 2.24) is 34.1 Å². The zero-order valence-electron chi connectivity index (χ0n) is 21.4. The Balaban J connectivity index is 1.40. The van der Waals surface area contributed by atoms with E-state index in [-0.39, 0.29) is 35.6 Å². The molecule has 3 aromatic heterocycles. The molecule has 1 fully saturated rings. The largest absolute Gasteiger partial charge is 0.292 e. The molecule has 1 aliphatic heterocycles. The third kappa shape index (κ3) is 4.37. The van der Waals surface area contributed by atoms with E-state index in [1.165, 1.54) is 27.4 Å². The van der Waals surface area contributed by atoms with Gasteiger partial charge in [-0.25, -0.2) is 17.5 Å². The SMILES string of the molecule is CCCn1ncc(S(=O)(=O)N2CC[C@@H]3Cc4c(cnn4-c4ccc(F)cc4)C[C@]3(C(=O)c3ccccn3)C2)n1. The van der Waals surface area contributed by atoms with E-state index in [1.807, 2.05) is 6.92 Å². The van der Waals surface area contributed by atoms with E-state index >= 15 is 0 Å². The number of pyridine rings is 1. The number of halogens is 1. The number of ketones is 1. The highest BCUT2D eigenvalue weighted by Crippen LogP contribution is 2.48. The predicted molar refractivity (Wildman–Crippen MR) is 139 cm³/mol. The molecule has 1 aromatic carbocycles. The van der Waals surface area contributed by atoms with Crippen LogP contribution in [0, 0.1) is 17.2 Å². The van der Waals surface area contributed by atoms with Gasteiger partial charge in [-0.05, 0) is 73.6 Å². The molecule has 0 unspecified atom stereocenters. The molecule has 1 saturated heterocycles. The number of hydrogen-bond donors (Lipinski definition) is 0. The van der Waals surface area contributed by atoms with E-state index in [1.54, 1.807) is 47.4 Å². The van der Waals surface area contributed by atoms with Crippen molar-refractivity contribution in [2.45, 2.75) is 44.2 Å². The Kier molecular flexibility index (Phi) is 6.38. The average molecular weight is 550 g/mol. The smallest absolute Gasteiger partial charge is 0.264 e. The summed E-state index contributed by atoms with van der Waals surface area (Å²) in [7, 11) is -3.97. The zero-order valence-corrected chi connectivity index (χ0v) is 22.3. The van der Waals surface area contributed by atoms with Crippen LogP contribution in [0.4, 0.5) is 4.39 Å². The average Bonchev–Trinajstić information content (AvgIpc) is 3.59. The van der Waals surface area contributed by atoms with Gasteiger partial charge in [-0.15, -0.1) is 5.10 Å². The van der Waals surface area contributed by atoms with E-state index in [4.69, 9.17) is 0 Å². The highest BCUT2D eigenvalue weighted by atomic mass is 32.2. The Bertz CT molecular complexity index is 1620. The molecule has 0 bridgehead atoms. The summed E-state index contributed by atoms with van der Waals surface area (Å²) < 4.78 is 44.1. The number of nitrogens with zero attached hydrogens (tertiary/aromatic N) is 7. The fraction of sp³-hybridized carbons (Fsp3) is 0.370. The Morgan fingerprint density at radius 3 is 2.69 bits per heavy atom. The third-order valence-corrected chi connectivity index (χ3v) is 9.54. The van der Waals surface area contributed by atoms with Crippen LogP contribution in [0.3, 0.4) is 0 Å². The van der Waals surface area contributed by atoms with Crippen molar-refractivity contribution in [2.24, 2.45) is 11.3 Å². The maximum absolute atomic E-state index is 14.2. The summed E-state index contributed by atoms with van der Waals surface area (Å²) in [6, 6.07) is 11.3. The minimum atomic E-state index is -3.97. The van der Waals surface area contributed by atoms with Gasteiger partial charge in [0.15, 0.2) is 5.78 Å². The van der Waals surface area contributed by atoms with E-state index in [0.717, 1.165) is 23.4 Å². The van der Waals surface area contributed by atoms with Crippen molar-refractivity contribution in [2.75, 3.05) is 13.1 Å². The van der Waals surface area contributed by atoms with Crippen molar-refractivity contribution >= 4 is 15.8 Å². The number of aryl methyl sites for hydroxylation is 1. The molecule has 0 spiro atoms. The van der Waals surface area contributed by atoms with Gasteiger partial charge in [-0.3, -0.25) is 9.78 Å². The van der Waals surface area contributed by atoms with E-state index < -0.39 is 15.4 Å². The van der Waals surface area contributed by atoms with Crippen LogP contribution in [0.5, 0.6) is 0 Å². The summed E-state index contributed by atoms with van der Waals surface area (Å²) in [6.07, 6.45) is 6.68. The van der Waals surface area contributed by atoms with Crippen LogP contribution in [-0.2, 0) is 29.4 Å². The number of sulfonamides is 1. The third-order valence-electron chi connectivity index (χ3n) is 7.83. The van der Waals surface area contributed by atoms with Crippen LogP contribution in [0.15, 0.2) is 66.1 Å². The molecule has 0 saturated carbocycles. The lowest BCUT2D eigenvalue weighted by Gasteiger charge is -2.48. The number of aromatic nitrogens is 6. The van der Waals surface area contributed by atoms with Crippen LogP contribution >= 0.6 is 0 Å². The molecule has 10 nitrogen and oxygen atoms in total. The summed E-state index contributed by atoms with van der Waals surface area (Å²) in [5.74, 6) is -0.650. The lowest BCUT2D eigenvalue weighted by molar-refractivity contribution is 0.0394. The number of hydrogen-bond acceptors (Lipinski definition) is 7. The van der Waals surface area contributed by atoms with Crippen LogP contribution in [-0.4, -0.2) is 61.4 Å². The maximum atomic E-state index is 14.2. The number of benzene rings is 1. The molecule has 6 rings (SSSR count). The van der Waals surface area contributed by atoms with Crippen LogP contribution < -0.4 is 0 Å². The van der Waals surface area contributed by atoms with Gasteiger partial charge < -0.3 is 0 Å². The molecule has 2 atom stereocenters. The molecule has 0 amide bonds. The van der Waals surface area contributed by atoms with Crippen LogP contribution in [0.25, 0.3) is 5.69 Å². The first-order chi connectivity index (χ1) is 18.8. The molecule has 0 N–H and O–H groups in total. The predicted octanol–water partition coefficient (Wildman–Crippen LogP) is 3.09. The monoisotopic (exact) mass is 549 g/mol. The summed E-state index contributed by atoms with van der Waals surface area (Å²) in [5.41, 5.74) is 1.84. The summed E-state index contributed by atoms with van der Waals surface area (Å²) in [6.45, 7) is 2.74. The van der Waals surface area contributed by atoms with E-state index in [0.29, 0.717) is 31.5 Å². The fourth-order valence-electron chi connectivity index (χ4n) is 5.88. The van der Waals surface area contributed by atoms with Crippen molar-refractivity contribution in [3.63, 3.8) is 0 Å². The number of rotatable bonds is 7. The lowest BCUT2D eigenvalue weighted by atomic mass is 9.60. The molecule has 4 heterocycles. The van der Waals surface area contributed by atoms with Crippen LogP contribution in [0.1, 0.15) is 41.5 Å². The van der Waals surface area contributed by atoms with Crippen molar-refractivity contribution < 1.29 is 17.6 Å². The van der Waals surface area contributed by atoms with E-state index in [9.17, 15) is 17.6 Å². The molecule has 1 aliphatic carbocycles. The summed E-state index contributed by atoms with van der Waals surface area (Å²) >= 11 is 0. The van der Waals surface area contributed by atoms with Gasteiger partial charge in [0.25, 0.3) is 10.0 Å². The second-order valence-electron chi connectivity index (χ2n) is 10.2. The van der Waals surface area contributed by atoms with Crippen LogP contribution in [0.2, 0.25) is 0 Å². The Hall–Kier alpha value is -3.77. The highest BCUT2D eigenvalue weighted by Gasteiger charge is 2.55. The molecule has 4 aromatic rings. The second kappa shape index (κ2) is 9.76.